The standard InChI is InChI=1S/C17H20FN3O3/c18-13-3-1-2-4-14(13)21-10-12(9-15(21)22)17(24)20-7-5-11(6-8-20)16(19)23/h1-4,11-12H,5-10H2,(H2,19,23)/t12-/m0/s1. The van der Waals surface area contributed by atoms with E-state index in [1.807, 2.05) is 0 Å². The second-order valence-electron chi connectivity index (χ2n) is 6.36. The molecule has 0 unspecified atom stereocenters. The van der Waals surface area contributed by atoms with Gasteiger partial charge in [0.25, 0.3) is 0 Å². The first kappa shape index (κ1) is 16.4. The molecule has 2 heterocycles. The quantitative estimate of drug-likeness (QED) is 0.892. The number of halogens is 1. The van der Waals surface area contributed by atoms with E-state index >= 15 is 0 Å². The zero-order valence-electron chi connectivity index (χ0n) is 13.3. The lowest BCUT2D eigenvalue weighted by Crippen LogP contribution is -2.44. The lowest BCUT2D eigenvalue weighted by atomic mass is 9.95. The predicted molar refractivity (Wildman–Crippen MR) is 85.4 cm³/mol. The van der Waals surface area contributed by atoms with Crippen molar-refractivity contribution in [1.29, 1.82) is 0 Å². The minimum absolute atomic E-state index is 0.0862. The number of carbonyl (C=O) groups is 3. The number of anilines is 1. The fraction of sp³-hybridized carbons (Fsp3) is 0.471. The van der Waals surface area contributed by atoms with Gasteiger partial charge in [0.1, 0.15) is 5.82 Å². The summed E-state index contributed by atoms with van der Waals surface area (Å²) in [6, 6.07) is 6.06. The third-order valence-corrected chi connectivity index (χ3v) is 4.83. The smallest absolute Gasteiger partial charge is 0.228 e. The van der Waals surface area contributed by atoms with Crippen LogP contribution in [0.5, 0.6) is 0 Å². The fourth-order valence-electron chi connectivity index (χ4n) is 3.42. The predicted octanol–water partition coefficient (Wildman–Crippen LogP) is 0.902. The average Bonchev–Trinajstić information content (AvgIpc) is 2.96. The second-order valence-corrected chi connectivity index (χ2v) is 6.36. The Bertz CT molecular complexity index is 671. The van der Waals surface area contributed by atoms with E-state index in [4.69, 9.17) is 5.73 Å². The molecule has 0 saturated carbocycles. The third kappa shape index (κ3) is 3.11. The highest BCUT2D eigenvalue weighted by Gasteiger charge is 2.39. The van der Waals surface area contributed by atoms with Crippen LogP contribution in [-0.2, 0) is 14.4 Å². The summed E-state index contributed by atoms with van der Waals surface area (Å²) < 4.78 is 13.9. The number of likely N-dealkylation sites (tertiary alicyclic amines) is 1. The Hall–Kier alpha value is -2.44. The van der Waals surface area contributed by atoms with Gasteiger partial charge < -0.3 is 15.5 Å². The van der Waals surface area contributed by atoms with Crippen LogP contribution >= 0.6 is 0 Å². The second kappa shape index (κ2) is 6.59. The monoisotopic (exact) mass is 333 g/mol. The topological polar surface area (TPSA) is 83.7 Å². The minimum Gasteiger partial charge on any atom is -0.369 e. The summed E-state index contributed by atoms with van der Waals surface area (Å²) in [6.07, 6.45) is 1.19. The zero-order chi connectivity index (χ0) is 17.3. The molecule has 7 heteroatoms. The molecule has 0 spiro atoms. The number of hydrogen-bond donors (Lipinski definition) is 1. The van der Waals surface area contributed by atoms with Gasteiger partial charge in [-0.15, -0.1) is 0 Å². The molecule has 2 fully saturated rings. The van der Waals surface area contributed by atoms with E-state index in [0.717, 1.165) is 0 Å². The maximum absolute atomic E-state index is 13.9. The van der Waals surface area contributed by atoms with Gasteiger partial charge in [0.15, 0.2) is 0 Å². The first-order valence-electron chi connectivity index (χ1n) is 8.10. The fourth-order valence-corrected chi connectivity index (χ4v) is 3.42. The van der Waals surface area contributed by atoms with Gasteiger partial charge >= 0.3 is 0 Å². The van der Waals surface area contributed by atoms with Gasteiger partial charge in [0, 0.05) is 32.0 Å². The Morgan fingerprint density at radius 2 is 1.79 bits per heavy atom. The van der Waals surface area contributed by atoms with E-state index in [9.17, 15) is 18.8 Å². The Labute approximate surface area is 139 Å². The zero-order valence-corrected chi connectivity index (χ0v) is 13.3. The van der Waals surface area contributed by atoms with Gasteiger partial charge in [-0.25, -0.2) is 4.39 Å². The van der Waals surface area contributed by atoms with Gasteiger partial charge in [0.05, 0.1) is 11.6 Å². The Morgan fingerprint density at radius 3 is 2.42 bits per heavy atom. The van der Waals surface area contributed by atoms with Crippen LogP contribution in [0.4, 0.5) is 10.1 Å². The number of piperidine rings is 1. The Morgan fingerprint density at radius 1 is 1.12 bits per heavy atom. The van der Waals surface area contributed by atoms with E-state index in [0.29, 0.717) is 25.9 Å². The van der Waals surface area contributed by atoms with Crippen LogP contribution in [0, 0.1) is 17.7 Å². The number of hydrogen-bond acceptors (Lipinski definition) is 3. The van der Waals surface area contributed by atoms with E-state index < -0.39 is 11.7 Å². The molecule has 6 nitrogen and oxygen atoms in total. The molecule has 0 bridgehead atoms. The molecule has 2 saturated heterocycles. The summed E-state index contributed by atoms with van der Waals surface area (Å²) in [5.74, 6) is -1.81. The molecule has 3 amide bonds. The third-order valence-electron chi connectivity index (χ3n) is 4.83. The van der Waals surface area contributed by atoms with Gasteiger partial charge in [-0.3, -0.25) is 14.4 Å². The van der Waals surface area contributed by atoms with Crippen molar-refractivity contribution in [3.8, 4) is 0 Å². The number of nitrogens with two attached hydrogens (primary N) is 1. The van der Waals surface area contributed by atoms with Crippen LogP contribution in [0.25, 0.3) is 0 Å². The van der Waals surface area contributed by atoms with E-state index in [1.165, 1.54) is 11.0 Å². The van der Waals surface area contributed by atoms with Gasteiger partial charge in [-0.1, -0.05) is 12.1 Å². The van der Waals surface area contributed by atoms with Gasteiger partial charge in [-0.05, 0) is 25.0 Å². The molecule has 3 rings (SSSR count). The van der Waals surface area contributed by atoms with Crippen molar-refractivity contribution in [3.63, 3.8) is 0 Å². The number of rotatable bonds is 3. The Balaban J connectivity index is 1.65. The maximum Gasteiger partial charge on any atom is 0.228 e. The molecule has 24 heavy (non-hydrogen) atoms. The summed E-state index contributed by atoms with van der Waals surface area (Å²) in [7, 11) is 0. The summed E-state index contributed by atoms with van der Waals surface area (Å²) in [5.41, 5.74) is 5.51. The van der Waals surface area contributed by atoms with Crippen LogP contribution in [0.1, 0.15) is 19.3 Å². The molecule has 128 valence electrons. The van der Waals surface area contributed by atoms with Crippen molar-refractivity contribution < 1.29 is 18.8 Å². The molecular weight excluding hydrogens is 313 g/mol. The minimum atomic E-state index is -0.471. The average molecular weight is 333 g/mol. The largest absolute Gasteiger partial charge is 0.369 e. The number of para-hydroxylation sites is 1. The molecule has 2 N–H and O–H groups in total. The van der Waals surface area contributed by atoms with E-state index in [1.54, 1.807) is 23.1 Å². The summed E-state index contributed by atoms with van der Waals surface area (Å²) >= 11 is 0. The lowest BCUT2D eigenvalue weighted by molar-refractivity contribution is -0.138. The lowest BCUT2D eigenvalue weighted by Gasteiger charge is -2.32. The first-order chi connectivity index (χ1) is 11.5. The molecule has 1 aromatic rings. The number of nitrogens with zero attached hydrogens (tertiary/aromatic N) is 2. The molecule has 1 atom stereocenters. The number of amides is 3. The maximum atomic E-state index is 13.9. The SMILES string of the molecule is NC(=O)C1CCN(C(=O)[C@H]2CC(=O)N(c3ccccc3F)C2)CC1. The molecule has 2 aliphatic rings. The highest BCUT2D eigenvalue weighted by atomic mass is 19.1. The highest BCUT2D eigenvalue weighted by Crippen LogP contribution is 2.29. The van der Waals surface area contributed by atoms with Gasteiger partial charge in [0.2, 0.25) is 17.7 Å². The van der Waals surface area contributed by atoms with Crippen molar-refractivity contribution in [2.45, 2.75) is 19.3 Å². The number of carbonyl (C=O) groups excluding carboxylic acids is 3. The van der Waals surface area contributed by atoms with Crippen LogP contribution in [0.3, 0.4) is 0 Å². The molecule has 0 radical (unpaired) electrons. The number of primary amides is 1. The highest BCUT2D eigenvalue weighted by molar-refractivity contribution is 6.00. The van der Waals surface area contributed by atoms with Crippen LogP contribution in [-0.4, -0.2) is 42.3 Å². The summed E-state index contributed by atoms with van der Waals surface area (Å²) in [6.45, 7) is 1.13. The van der Waals surface area contributed by atoms with Crippen molar-refractivity contribution in [1.82, 2.24) is 4.90 Å². The summed E-state index contributed by atoms with van der Waals surface area (Å²) in [5, 5.41) is 0. The number of benzene rings is 1. The van der Waals surface area contributed by atoms with E-state index in [2.05, 4.69) is 0 Å². The molecular formula is C17H20FN3O3. The van der Waals surface area contributed by atoms with Crippen molar-refractivity contribution in [2.75, 3.05) is 24.5 Å². The van der Waals surface area contributed by atoms with Crippen LogP contribution < -0.4 is 10.6 Å². The van der Waals surface area contributed by atoms with Crippen molar-refractivity contribution in [2.24, 2.45) is 17.6 Å². The van der Waals surface area contributed by atoms with E-state index in [-0.39, 0.29) is 42.3 Å². The van der Waals surface area contributed by atoms with Crippen LogP contribution in [0.2, 0.25) is 0 Å². The Kier molecular flexibility index (Phi) is 4.51. The molecule has 2 aliphatic heterocycles. The summed E-state index contributed by atoms with van der Waals surface area (Å²) in [4.78, 5) is 39.0. The van der Waals surface area contributed by atoms with Crippen LogP contribution in [0.15, 0.2) is 24.3 Å². The van der Waals surface area contributed by atoms with Crippen molar-refractivity contribution >= 4 is 23.4 Å². The molecule has 0 aliphatic carbocycles. The normalized spacial score (nSPS) is 22.0. The van der Waals surface area contributed by atoms with Crippen molar-refractivity contribution in [3.05, 3.63) is 30.1 Å². The molecule has 0 aromatic heterocycles. The van der Waals surface area contributed by atoms with Gasteiger partial charge in [-0.2, -0.15) is 0 Å². The molecule has 1 aromatic carbocycles. The first-order valence-corrected chi connectivity index (χ1v) is 8.10.